The number of carbonyl (C=O) groups is 2. The largest absolute Gasteiger partial charge is 0.462 e. The van der Waals surface area contributed by atoms with Gasteiger partial charge in [-0.1, -0.05) is 141 Å². The quantitative estimate of drug-likeness (QED) is 0.0404. The number of aromatic nitrogens is 2. The van der Waals surface area contributed by atoms with Crippen molar-refractivity contribution >= 4 is 11.9 Å². The fourth-order valence-electron chi connectivity index (χ4n) is 6.12. The van der Waals surface area contributed by atoms with Crippen molar-refractivity contribution in [1.29, 1.82) is 0 Å². The topological polar surface area (TPSA) is 70.4 Å². The minimum Gasteiger partial charge on any atom is -0.462 e. The lowest BCUT2D eigenvalue weighted by molar-refractivity contribution is -0.159. The van der Waals surface area contributed by atoms with E-state index in [1.54, 1.807) is 6.33 Å². The Bertz CT molecular complexity index is 953. The lowest BCUT2D eigenvalue weighted by atomic mass is 10.1. The van der Waals surface area contributed by atoms with E-state index in [0.29, 0.717) is 19.3 Å². The molecule has 0 aliphatic carbocycles. The maximum Gasteiger partial charge on any atom is 0.306 e. The predicted octanol–water partition coefficient (Wildman–Crippen LogP) is 12.5. The van der Waals surface area contributed by atoms with Gasteiger partial charge in [0, 0.05) is 32.5 Å². The summed E-state index contributed by atoms with van der Waals surface area (Å²) in [6.07, 6.45) is 45.7. The van der Waals surface area contributed by atoms with E-state index in [1.807, 2.05) is 17.8 Å². The summed E-state index contributed by atoms with van der Waals surface area (Å²) in [6, 6.07) is 0. The van der Waals surface area contributed by atoms with Crippen LogP contribution in [0.3, 0.4) is 0 Å². The smallest absolute Gasteiger partial charge is 0.306 e. The minimum absolute atomic E-state index is 0.0819. The monoisotopic (exact) mass is 685 g/mol. The van der Waals surface area contributed by atoms with Gasteiger partial charge in [0.2, 0.25) is 0 Å². The summed E-state index contributed by atoms with van der Waals surface area (Å²) in [6.45, 7) is 4.61. The number of aryl methyl sites for hydroxylation is 1. The molecular formula is C43H76N2O4. The fourth-order valence-corrected chi connectivity index (χ4v) is 6.12. The molecule has 6 nitrogen and oxygen atoms in total. The Morgan fingerprint density at radius 2 is 1.02 bits per heavy atom. The molecule has 0 spiro atoms. The van der Waals surface area contributed by atoms with Gasteiger partial charge in [0.1, 0.15) is 12.7 Å². The van der Waals surface area contributed by atoms with Gasteiger partial charge in [0.15, 0.2) is 0 Å². The molecule has 1 aromatic rings. The summed E-state index contributed by atoms with van der Waals surface area (Å²) in [4.78, 5) is 29.5. The normalized spacial score (nSPS) is 12.3. The number of hydrogen-bond acceptors (Lipinski definition) is 5. The van der Waals surface area contributed by atoms with Crippen molar-refractivity contribution in [3.63, 3.8) is 0 Å². The number of allylic oxidation sites excluding steroid dienone is 4. The van der Waals surface area contributed by atoms with Crippen LogP contribution in [0.1, 0.15) is 199 Å². The SMILES string of the molecule is CCCCCCCCC=CCCCCCCCC(=O)OCC(Cc1cn(C)cn1)OC(=O)CCCCCCCC=CCCCCCCCC. The lowest BCUT2D eigenvalue weighted by Crippen LogP contribution is -2.27. The zero-order valence-corrected chi connectivity index (χ0v) is 32.3. The van der Waals surface area contributed by atoms with E-state index in [4.69, 9.17) is 9.47 Å². The van der Waals surface area contributed by atoms with E-state index in [2.05, 4.69) is 43.1 Å². The van der Waals surface area contributed by atoms with E-state index >= 15 is 0 Å². The molecule has 0 N–H and O–H groups in total. The summed E-state index contributed by atoms with van der Waals surface area (Å²) >= 11 is 0. The third kappa shape index (κ3) is 30.2. The van der Waals surface area contributed by atoms with Crippen molar-refractivity contribution in [2.45, 2.75) is 206 Å². The van der Waals surface area contributed by atoms with Crippen molar-refractivity contribution in [2.24, 2.45) is 7.05 Å². The van der Waals surface area contributed by atoms with Crippen LogP contribution in [0.15, 0.2) is 36.8 Å². The molecule has 49 heavy (non-hydrogen) atoms. The average molecular weight is 685 g/mol. The van der Waals surface area contributed by atoms with Crippen molar-refractivity contribution < 1.29 is 19.1 Å². The molecule has 0 saturated heterocycles. The van der Waals surface area contributed by atoms with Crippen LogP contribution in [0.4, 0.5) is 0 Å². The molecule has 1 rings (SSSR count). The Hall–Kier alpha value is -2.37. The third-order valence-corrected chi connectivity index (χ3v) is 9.21. The highest BCUT2D eigenvalue weighted by Gasteiger charge is 2.19. The number of hydrogen-bond donors (Lipinski definition) is 0. The second-order valence-corrected chi connectivity index (χ2v) is 14.2. The zero-order chi connectivity index (χ0) is 35.5. The van der Waals surface area contributed by atoms with E-state index in [0.717, 1.165) is 57.1 Å². The average Bonchev–Trinajstić information content (AvgIpc) is 3.51. The molecule has 0 bridgehead atoms. The Balaban J connectivity index is 2.13. The highest BCUT2D eigenvalue weighted by Crippen LogP contribution is 2.14. The summed E-state index contributed by atoms with van der Waals surface area (Å²) < 4.78 is 13.2. The Morgan fingerprint density at radius 3 is 1.45 bits per heavy atom. The molecule has 1 heterocycles. The van der Waals surface area contributed by atoms with Crippen molar-refractivity contribution in [1.82, 2.24) is 9.55 Å². The second kappa shape index (κ2) is 34.1. The number of imidazole rings is 1. The number of rotatable bonds is 35. The first-order valence-electron chi connectivity index (χ1n) is 20.7. The molecule has 0 aromatic carbocycles. The van der Waals surface area contributed by atoms with Gasteiger partial charge in [0.25, 0.3) is 0 Å². The number of nitrogens with zero attached hydrogens (tertiary/aromatic N) is 2. The molecule has 0 fully saturated rings. The van der Waals surface area contributed by atoms with Crippen LogP contribution in [-0.2, 0) is 32.5 Å². The number of carbonyl (C=O) groups excluding carboxylic acids is 2. The maximum absolute atomic E-state index is 12.7. The molecule has 6 heteroatoms. The minimum atomic E-state index is -0.511. The molecule has 1 atom stereocenters. The lowest BCUT2D eigenvalue weighted by Gasteiger charge is -2.17. The first-order chi connectivity index (χ1) is 24.0. The highest BCUT2D eigenvalue weighted by atomic mass is 16.6. The maximum atomic E-state index is 12.7. The molecule has 0 saturated carbocycles. The van der Waals surface area contributed by atoms with Crippen LogP contribution in [0.5, 0.6) is 0 Å². The summed E-state index contributed by atoms with van der Waals surface area (Å²) in [7, 11) is 1.91. The first kappa shape index (κ1) is 44.7. The van der Waals surface area contributed by atoms with Crippen LogP contribution in [0.2, 0.25) is 0 Å². The van der Waals surface area contributed by atoms with E-state index in [9.17, 15) is 9.59 Å². The van der Waals surface area contributed by atoms with E-state index < -0.39 is 6.10 Å². The Kier molecular flexibility index (Phi) is 31.1. The van der Waals surface area contributed by atoms with E-state index in [1.165, 1.54) is 116 Å². The van der Waals surface area contributed by atoms with Gasteiger partial charge in [-0.05, 0) is 64.2 Å². The van der Waals surface area contributed by atoms with Crippen LogP contribution in [-0.4, -0.2) is 34.2 Å². The fraction of sp³-hybridized carbons (Fsp3) is 0.791. The molecule has 0 aliphatic rings. The number of ether oxygens (including phenoxy) is 2. The molecule has 1 aromatic heterocycles. The molecule has 0 aliphatic heterocycles. The summed E-state index contributed by atoms with van der Waals surface area (Å²) in [5.41, 5.74) is 0.828. The van der Waals surface area contributed by atoms with E-state index in [-0.39, 0.29) is 18.5 Å². The predicted molar refractivity (Wildman–Crippen MR) is 207 cm³/mol. The van der Waals surface area contributed by atoms with Gasteiger partial charge in [-0.15, -0.1) is 0 Å². The zero-order valence-electron chi connectivity index (χ0n) is 32.3. The van der Waals surface area contributed by atoms with Crippen molar-refractivity contribution in [3.05, 3.63) is 42.5 Å². The van der Waals surface area contributed by atoms with Gasteiger partial charge < -0.3 is 14.0 Å². The van der Waals surface area contributed by atoms with Crippen molar-refractivity contribution in [2.75, 3.05) is 6.61 Å². The van der Waals surface area contributed by atoms with Gasteiger partial charge in [-0.3, -0.25) is 9.59 Å². The third-order valence-electron chi connectivity index (χ3n) is 9.21. The van der Waals surface area contributed by atoms with Crippen LogP contribution >= 0.6 is 0 Å². The van der Waals surface area contributed by atoms with Gasteiger partial charge in [0.05, 0.1) is 12.0 Å². The standard InChI is InChI=1S/C43H76N2O4/c1-4-6-8-10-12-14-16-18-20-22-24-26-28-30-32-34-42(46)48-38-41(36-40-37-45(3)39-44-40)49-43(47)35-33-31-29-27-25-23-21-19-17-15-13-11-9-7-5-2/h18-21,37,39,41H,4-17,22-36,38H2,1-3H3. The van der Waals surface area contributed by atoms with Crippen LogP contribution in [0, 0.1) is 0 Å². The van der Waals surface area contributed by atoms with Crippen LogP contribution < -0.4 is 0 Å². The van der Waals surface area contributed by atoms with Gasteiger partial charge >= 0.3 is 11.9 Å². The molecule has 0 amide bonds. The van der Waals surface area contributed by atoms with Gasteiger partial charge in [-0.25, -0.2) is 4.98 Å². The molecule has 0 radical (unpaired) electrons. The highest BCUT2D eigenvalue weighted by molar-refractivity contribution is 5.70. The summed E-state index contributed by atoms with van der Waals surface area (Å²) in [5, 5.41) is 0. The van der Waals surface area contributed by atoms with Crippen molar-refractivity contribution in [3.8, 4) is 0 Å². The second-order valence-electron chi connectivity index (χ2n) is 14.2. The number of unbranched alkanes of at least 4 members (excludes halogenated alkanes) is 22. The molecule has 1 unspecified atom stereocenters. The first-order valence-corrected chi connectivity index (χ1v) is 20.7. The molecule has 282 valence electrons. The van der Waals surface area contributed by atoms with Crippen LogP contribution in [0.25, 0.3) is 0 Å². The molecular weight excluding hydrogens is 608 g/mol. The summed E-state index contributed by atoms with van der Waals surface area (Å²) in [5.74, 6) is -0.427. The van der Waals surface area contributed by atoms with Gasteiger partial charge in [-0.2, -0.15) is 0 Å². The number of esters is 2. The Labute approximate surface area is 302 Å². The Morgan fingerprint density at radius 1 is 0.612 bits per heavy atom.